The summed E-state index contributed by atoms with van der Waals surface area (Å²) in [6.45, 7) is 6.87. The third-order valence-corrected chi connectivity index (χ3v) is 3.42. The van der Waals surface area contributed by atoms with Gasteiger partial charge in [0.15, 0.2) is 0 Å². The van der Waals surface area contributed by atoms with Crippen LogP contribution in [-0.4, -0.2) is 17.5 Å². The highest BCUT2D eigenvalue weighted by Crippen LogP contribution is 2.18. The quantitative estimate of drug-likeness (QED) is 0.885. The molecule has 0 aliphatic rings. The van der Waals surface area contributed by atoms with Crippen LogP contribution in [0.25, 0.3) is 0 Å². The highest BCUT2D eigenvalue weighted by Gasteiger charge is 2.11. The second kappa shape index (κ2) is 8.11. The molecule has 0 aliphatic heterocycles. The van der Waals surface area contributed by atoms with Gasteiger partial charge in [-0.25, -0.2) is 4.98 Å². The summed E-state index contributed by atoms with van der Waals surface area (Å²) in [6.07, 6.45) is 0. The van der Waals surface area contributed by atoms with Crippen molar-refractivity contribution in [2.45, 2.75) is 27.3 Å². The van der Waals surface area contributed by atoms with Gasteiger partial charge in [0, 0.05) is 12.1 Å². The van der Waals surface area contributed by atoms with Crippen LogP contribution in [0.2, 0.25) is 0 Å². The molecule has 124 valence electrons. The van der Waals surface area contributed by atoms with Gasteiger partial charge in [-0.15, -0.1) is 0 Å². The molecule has 5 heteroatoms. The Balaban J connectivity index is 2.04. The maximum atomic E-state index is 12.2. The number of rotatable bonds is 6. The number of carbonyl (C=O) groups is 1. The predicted molar refractivity (Wildman–Crippen MR) is 91.6 cm³/mol. The molecule has 0 fully saturated rings. The number of aryl methyl sites for hydroxylation is 1. The molecule has 2 aromatic rings. The maximum Gasteiger partial charge on any atom is 0.270 e. The molecule has 0 aliphatic carbocycles. The first-order valence-corrected chi connectivity index (χ1v) is 7.88. The van der Waals surface area contributed by atoms with E-state index in [1.807, 2.05) is 30.3 Å². The van der Waals surface area contributed by atoms with E-state index < -0.39 is 0 Å². The van der Waals surface area contributed by atoms with Gasteiger partial charge >= 0.3 is 0 Å². The summed E-state index contributed by atoms with van der Waals surface area (Å²) in [5.74, 6) is 0.926. The monoisotopic (exact) mass is 323 g/mol. The van der Waals surface area contributed by atoms with Gasteiger partial charge in [-0.05, 0) is 31.0 Å². The van der Waals surface area contributed by atoms with Crippen LogP contribution < -0.4 is 10.1 Å². The van der Waals surface area contributed by atoms with Crippen molar-refractivity contribution in [1.82, 2.24) is 10.3 Å². The second-order valence-corrected chi connectivity index (χ2v) is 5.94. The van der Waals surface area contributed by atoms with Gasteiger partial charge < -0.3 is 10.1 Å². The number of benzene rings is 1. The average Bonchev–Trinajstić information content (AvgIpc) is 2.58. The average molecular weight is 323 g/mol. The Hall–Kier alpha value is -2.87. The number of aromatic nitrogens is 1. The molecular formula is C19H21N3O2. The minimum atomic E-state index is -0.277. The number of hydrogen-bond donors (Lipinski definition) is 1. The molecule has 5 nitrogen and oxygen atoms in total. The van der Waals surface area contributed by atoms with Crippen molar-refractivity contribution in [3.8, 4) is 11.8 Å². The summed E-state index contributed by atoms with van der Waals surface area (Å²) in [6, 6.07) is 12.8. The number of pyridine rings is 1. The molecule has 0 radical (unpaired) electrons. The van der Waals surface area contributed by atoms with Crippen molar-refractivity contribution in [1.29, 1.82) is 5.26 Å². The van der Waals surface area contributed by atoms with E-state index in [2.05, 4.69) is 24.1 Å². The van der Waals surface area contributed by atoms with Gasteiger partial charge in [0.1, 0.15) is 17.5 Å². The van der Waals surface area contributed by atoms with E-state index in [-0.39, 0.29) is 5.91 Å². The van der Waals surface area contributed by atoms with Crippen molar-refractivity contribution < 1.29 is 9.53 Å². The predicted octanol–water partition coefficient (Wildman–Crippen LogP) is 3.23. The lowest BCUT2D eigenvalue weighted by atomic mass is 10.1. The largest absolute Gasteiger partial charge is 0.493 e. The first kappa shape index (κ1) is 17.5. The minimum Gasteiger partial charge on any atom is -0.493 e. The Morgan fingerprint density at radius 3 is 2.71 bits per heavy atom. The first-order valence-electron chi connectivity index (χ1n) is 7.88. The van der Waals surface area contributed by atoms with E-state index in [4.69, 9.17) is 10.00 Å². The van der Waals surface area contributed by atoms with Gasteiger partial charge in [-0.2, -0.15) is 5.26 Å². The summed E-state index contributed by atoms with van der Waals surface area (Å²) < 4.78 is 5.78. The Kier molecular flexibility index (Phi) is 5.91. The van der Waals surface area contributed by atoms with Crippen LogP contribution in [0.3, 0.4) is 0 Å². The SMILES string of the molecule is Cc1nc(C(=O)NCc2ccccc2OCC(C)C)ccc1C#N. The molecule has 0 bridgehead atoms. The van der Waals surface area contributed by atoms with Gasteiger partial charge in [-0.3, -0.25) is 4.79 Å². The second-order valence-electron chi connectivity index (χ2n) is 5.94. The summed E-state index contributed by atoms with van der Waals surface area (Å²) in [4.78, 5) is 16.4. The first-order chi connectivity index (χ1) is 11.5. The molecular weight excluding hydrogens is 302 g/mol. The summed E-state index contributed by atoms with van der Waals surface area (Å²) in [7, 11) is 0. The molecule has 0 spiro atoms. The lowest BCUT2D eigenvalue weighted by Crippen LogP contribution is -2.24. The zero-order chi connectivity index (χ0) is 17.5. The molecule has 1 aromatic carbocycles. The molecule has 1 amide bonds. The molecule has 1 heterocycles. The molecule has 1 aromatic heterocycles. The number of nitrogens with one attached hydrogen (secondary N) is 1. The van der Waals surface area contributed by atoms with Crippen LogP contribution in [0.15, 0.2) is 36.4 Å². The number of amides is 1. The fourth-order valence-electron chi connectivity index (χ4n) is 2.12. The van der Waals surface area contributed by atoms with E-state index in [0.29, 0.717) is 36.0 Å². The smallest absolute Gasteiger partial charge is 0.270 e. The fourth-order valence-corrected chi connectivity index (χ4v) is 2.12. The summed E-state index contributed by atoms with van der Waals surface area (Å²) >= 11 is 0. The summed E-state index contributed by atoms with van der Waals surface area (Å²) in [5.41, 5.74) is 2.23. The Morgan fingerprint density at radius 2 is 2.04 bits per heavy atom. The van der Waals surface area contributed by atoms with Crippen molar-refractivity contribution >= 4 is 5.91 Å². The zero-order valence-corrected chi connectivity index (χ0v) is 14.2. The van der Waals surface area contributed by atoms with Gasteiger partial charge in [-0.1, -0.05) is 32.0 Å². The van der Waals surface area contributed by atoms with Crippen LogP contribution in [0.5, 0.6) is 5.75 Å². The van der Waals surface area contributed by atoms with Crippen molar-refractivity contribution in [2.24, 2.45) is 5.92 Å². The lowest BCUT2D eigenvalue weighted by Gasteiger charge is -2.13. The van der Waals surface area contributed by atoms with Crippen molar-refractivity contribution in [3.63, 3.8) is 0 Å². The standard InChI is InChI=1S/C19H21N3O2/c1-13(2)12-24-18-7-5-4-6-16(18)11-21-19(23)17-9-8-15(10-20)14(3)22-17/h4-9,13H,11-12H2,1-3H3,(H,21,23). The Bertz CT molecular complexity index is 763. The maximum absolute atomic E-state index is 12.2. The zero-order valence-electron chi connectivity index (χ0n) is 14.2. The molecule has 2 rings (SSSR count). The van der Waals surface area contributed by atoms with E-state index in [0.717, 1.165) is 11.3 Å². The fraction of sp³-hybridized carbons (Fsp3) is 0.316. The number of para-hydroxylation sites is 1. The van der Waals surface area contributed by atoms with E-state index in [9.17, 15) is 4.79 Å². The highest BCUT2D eigenvalue weighted by atomic mass is 16.5. The molecule has 0 saturated carbocycles. The number of ether oxygens (including phenoxy) is 1. The Labute approximate surface area is 142 Å². The highest BCUT2D eigenvalue weighted by molar-refractivity contribution is 5.92. The Morgan fingerprint density at radius 1 is 1.29 bits per heavy atom. The molecule has 0 unspecified atom stereocenters. The minimum absolute atomic E-state index is 0.277. The topological polar surface area (TPSA) is 75.0 Å². The molecule has 24 heavy (non-hydrogen) atoms. The van der Waals surface area contributed by atoms with Gasteiger partial charge in [0.05, 0.1) is 17.9 Å². The number of nitriles is 1. The summed E-state index contributed by atoms with van der Waals surface area (Å²) in [5, 5.41) is 11.8. The number of hydrogen-bond acceptors (Lipinski definition) is 4. The van der Waals surface area contributed by atoms with Crippen molar-refractivity contribution in [2.75, 3.05) is 6.61 Å². The lowest BCUT2D eigenvalue weighted by molar-refractivity contribution is 0.0945. The van der Waals surface area contributed by atoms with Crippen LogP contribution in [-0.2, 0) is 6.54 Å². The van der Waals surface area contributed by atoms with Gasteiger partial charge in [0.2, 0.25) is 0 Å². The normalized spacial score (nSPS) is 10.3. The van der Waals surface area contributed by atoms with Crippen LogP contribution >= 0.6 is 0 Å². The third kappa shape index (κ3) is 4.56. The number of carbonyl (C=O) groups excluding carboxylic acids is 1. The molecule has 0 atom stereocenters. The molecule has 1 N–H and O–H groups in total. The van der Waals surface area contributed by atoms with E-state index in [1.165, 1.54) is 0 Å². The van der Waals surface area contributed by atoms with E-state index in [1.54, 1.807) is 19.1 Å². The van der Waals surface area contributed by atoms with Crippen LogP contribution in [0.4, 0.5) is 0 Å². The third-order valence-electron chi connectivity index (χ3n) is 3.42. The van der Waals surface area contributed by atoms with Gasteiger partial charge in [0.25, 0.3) is 5.91 Å². The van der Waals surface area contributed by atoms with Crippen LogP contribution in [0.1, 0.15) is 41.2 Å². The van der Waals surface area contributed by atoms with Crippen molar-refractivity contribution in [3.05, 3.63) is 58.9 Å². The van der Waals surface area contributed by atoms with Crippen LogP contribution in [0, 0.1) is 24.2 Å². The van der Waals surface area contributed by atoms with E-state index >= 15 is 0 Å². The number of nitrogens with zero attached hydrogens (tertiary/aromatic N) is 2. The molecule has 0 saturated heterocycles.